The van der Waals surface area contributed by atoms with Crippen molar-refractivity contribution in [3.63, 3.8) is 0 Å². The van der Waals surface area contributed by atoms with E-state index in [1.807, 2.05) is 18.2 Å². The van der Waals surface area contributed by atoms with Crippen LogP contribution in [0.15, 0.2) is 18.2 Å². The monoisotopic (exact) mass is 287 g/mol. The highest BCUT2D eigenvalue weighted by molar-refractivity contribution is 5.97. The summed E-state index contributed by atoms with van der Waals surface area (Å²) in [6, 6.07) is 5.78. The van der Waals surface area contributed by atoms with Gasteiger partial charge in [0.05, 0.1) is 17.6 Å². The number of carbonyl (C=O) groups excluding carboxylic acids is 1. The number of aryl methyl sites for hydroxylation is 2. The third-order valence-electron chi connectivity index (χ3n) is 3.96. The highest BCUT2D eigenvalue weighted by Gasteiger charge is 2.15. The van der Waals surface area contributed by atoms with Crippen LogP contribution < -0.4 is 5.32 Å². The zero-order chi connectivity index (χ0) is 14.7. The van der Waals surface area contributed by atoms with E-state index < -0.39 is 0 Å². The first-order chi connectivity index (χ1) is 10.3. The van der Waals surface area contributed by atoms with Gasteiger partial charge in [-0.05, 0) is 31.0 Å². The summed E-state index contributed by atoms with van der Waals surface area (Å²) in [7, 11) is 1.62. The fraction of sp³-hybridized carbons (Fsp3) is 0.500. The smallest absolute Gasteiger partial charge is 0.251 e. The van der Waals surface area contributed by atoms with E-state index in [0.29, 0.717) is 18.7 Å². The van der Waals surface area contributed by atoms with Gasteiger partial charge in [0.15, 0.2) is 0 Å². The van der Waals surface area contributed by atoms with Crippen LogP contribution in [0.2, 0.25) is 0 Å². The summed E-state index contributed by atoms with van der Waals surface area (Å²) in [6.07, 6.45) is 4.71. The Morgan fingerprint density at radius 2 is 2.29 bits per heavy atom. The molecule has 1 aromatic heterocycles. The maximum absolute atomic E-state index is 12.1. The molecule has 1 aromatic carbocycles. The molecular weight excluding hydrogens is 266 g/mol. The number of benzene rings is 1. The Balaban J connectivity index is 1.85. The van der Waals surface area contributed by atoms with Crippen LogP contribution >= 0.6 is 0 Å². The number of aromatic nitrogens is 2. The normalized spacial score (nSPS) is 14.7. The van der Waals surface area contributed by atoms with Gasteiger partial charge in [-0.1, -0.05) is 6.42 Å². The summed E-state index contributed by atoms with van der Waals surface area (Å²) < 4.78 is 7.24. The quantitative estimate of drug-likeness (QED) is 0.877. The predicted molar refractivity (Wildman–Crippen MR) is 81.5 cm³/mol. The van der Waals surface area contributed by atoms with Crippen molar-refractivity contribution in [2.24, 2.45) is 0 Å². The zero-order valence-electron chi connectivity index (χ0n) is 12.4. The van der Waals surface area contributed by atoms with Gasteiger partial charge in [0, 0.05) is 32.2 Å². The highest BCUT2D eigenvalue weighted by Crippen LogP contribution is 2.22. The summed E-state index contributed by atoms with van der Waals surface area (Å²) in [4.78, 5) is 16.8. The molecule has 3 rings (SSSR count). The summed E-state index contributed by atoms with van der Waals surface area (Å²) in [5.41, 5.74) is 2.72. The molecule has 0 bridgehead atoms. The second kappa shape index (κ2) is 6.26. The minimum absolute atomic E-state index is 0.0721. The van der Waals surface area contributed by atoms with Crippen molar-refractivity contribution in [3.8, 4) is 0 Å². The van der Waals surface area contributed by atoms with Gasteiger partial charge < -0.3 is 14.6 Å². The van der Waals surface area contributed by atoms with E-state index in [-0.39, 0.29) is 5.91 Å². The van der Waals surface area contributed by atoms with Crippen LogP contribution in [0.5, 0.6) is 0 Å². The number of ether oxygens (including phenoxy) is 1. The van der Waals surface area contributed by atoms with E-state index in [2.05, 4.69) is 9.88 Å². The van der Waals surface area contributed by atoms with Gasteiger partial charge in [-0.3, -0.25) is 4.79 Å². The van der Waals surface area contributed by atoms with Gasteiger partial charge in [0.25, 0.3) is 5.91 Å². The molecule has 1 aliphatic rings. The molecule has 1 aliphatic heterocycles. The van der Waals surface area contributed by atoms with Crippen LogP contribution in [0.1, 0.15) is 35.4 Å². The fourth-order valence-corrected chi connectivity index (χ4v) is 2.86. The van der Waals surface area contributed by atoms with Crippen molar-refractivity contribution in [2.75, 3.05) is 20.3 Å². The van der Waals surface area contributed by atoms with Crippen molar-refractivity contribution in [2.45, 2.75) is 32.2 Å². The third kappa shape index (κ3) is 2.93. The molecular formula is C16H21N3O2. The summed E-state index contributed by atoms with van der Waals surface area (Å²) >= 11 is 0. The number of nitrogens with one attached hydrogen (secondary N) is 1. The molecule has 2 aromatic rings. The molecule has 0 aliphatic carbocycles. The van der Waals surface area contributed by atoms with Crippen LogP contribution in [0.3, 0.4) is 0 Å². The average molecular weight is 287 g/mol. The van der Waals surface area contributed by atoms with E-state index in [4.69, 9.17) is 9.72 Å². The Bertz CT molecular complexity index is 648. The molecule has 21 heavy (non-hydrogen) atoms. The third-order valence-corrected chi connectivity index (χ3v) is 3.96. The molecule has 0 spiro atoms. The van der Waals surface area contributed by atoms with Crippen molar-refractivity contribution < 1.29 is 9.53 Å². The number of imidazole rings is 1. The number of hydrogen-bond acceptors (Lipinski definition) is 3. The Morgan fingerprint density at radius 3 is 3.14 bits per heavy atom. The van der Waals surface area contributed by atoms with Crippen LogP contribution in [-0.4, -0.2) is 35.7 Å². The van der Waals surface area contributed by atoms with Crippen LogP contribution in [0, 0.1) is 0 Å². The maximum atomic E-state index is 12.1. The molecule has 112 valence electrons. The molecule has 5 nitrogen and oxygen atoms in total. The second-order valence-corrected chi connectivity index (χ2v) is 5.44. The highest BCUT2D eigenvalue weighted by atomic mass is 16.5. The second-order valence-electron chi connectivity index (χ2n) is 5.44. The van der Waals surface area contributed by atoms with Gasteiger partial charge in [-0.2, -0.15) is 0 Å². The van der Waals surface area contributed by atoms with E-state index in [9.17, 15) is 4.79 Å². The number of hydrogen-bond donors (Lipinski definition) is 1. The number of fused-ring (bicyclic) bond motifs is 3. The van der Waals surface area contributed by atoms with Crippen molar-refractivity contribution >= 4 is 16.9 Å². The number of nitrogens with zero attached hydrogens (tertiary/aromatic N) is 2. The van der Waals surface area contributed by atoms with Crippen molar-refractivity contribution in [3.05, 3.63) is 29.6 Å². The first-order valence-electron chi connectivity index (χ1n) is 7.56. The molecule has 2 heterocycles. The van der Waals surface area contributed by atoms with Gasteiger partial charge in [-0.25, -0.2) is 4.98 Å². The van der Waals surface area contributed by atoms with Crippen LogP contribution in [-0.2, 0) is 17.7 Å². The zero-order valence-corrected chi connectivity index (χ0v) is 12.4. The lowest BCUT2D eigenvalue weighted by Gasteiger charge is -2.06. The lowest BCUT2D eigenvalue weighted by molar-refractivity contribution is 0.0937. The molecule has 0 unspecified atom stereocenters. The summed E-state index contributed by atoms with van der Waals surface area (Å²) in [6.45, 7) is 2.07. The number of methoxy groups -OCH3 is 1. The lowest BCUT2D eigenvalue weighted by Crippen LogP contribution is -2.26. The van der Waals surface area contributed by atoms with Gasteiger partial charge in [0.2, 0.25) is 0 Å². The number of carbonyl (C=O) groups is 1. The Labute approximate surface area is 124 Å². The molecule has 0 atom stereocenters. The molecule has 0 fully saturated rings. The molecule has 5 heteroatoms. The Kier molecular flexibility index (Phi) is 4.20. The van der Waals surface area contributed by atoms with E-state index in [1.54, 1.807) is 7.11 Å². The predicted octanol–water partition coefficient (Wildman–Crippen LogP) is 2.14. The molecule has 0 radical (unpaired) electrons. The SMILES string of the molecule is COCCNC(=O)c1ccc2c(c1)nc1n2CCCCC1. The number of amides is 1. The lowest BCUT2D eigenvalue weighted by atomic mass is 10.2. The first-order valence-corrected chi connectivity index (χ1v) is 7.56. The summed E-state index contributed by atoms with van der Waals surface area (Å²) in [5, 5.41) is 2.84. The van der Waals surface area contributed by atoms with E-state index >= 15 is 0 Å². The average Bonchev–Trinajstić information content (AvgIpc) is 2.67. The fourth-order valence-electron chi connectivity index (χ4n) is 2.86. The first kappa shape index (κ1) is 14.1. The minimum atomic E-state index is -0.0721. The van der Waals surface area contributed by atoms with Crippen molar-refractivity contribution in [1.82, 2.24) is 14.9 Å². The van der Waals surface area contributed by atoms with Crippen LogP contribution in [0.4, 0.5) is 0 Å². The summed E-state index contributed by atoms with van der Waals surface area (Å²) in [5.74, 6) is 1.08. The van der Waals surface area contributed by atoms with Crippen LogP contribution in [0.25, 0.3) is 11.0 Å². The van der Waals surface area contributed by atoms with Gasteiger partial charge in [-0.15, -0.1) is 0 Å². The largest absolute Gasteiger partial charge is 0.383 e. The maximum Gasteiger partial charge on any atom is 0.251 e. The molecule has 0 saturated heterocycles. The topological polar surface area (TPSA) is 56.1 Å². The van der Waals surface area contributed by atoms with E-state index in [0.717, 1.165) is 29.8 Å². The Morgan fingerprint density at radius 1 is 1.38 bits per heavy atom. The van der Waals surface area contributed by atoms with Gasteiger partial charge >= 0.3 is 0 Å². The minimum Gasteiger partial charge on any atom is -0.383 e. The molecule has 0 saturated carbocycles. The molecule has 1 amide bonds. The standard InChI is InChI=1S/C16H21N3O2/c1-21-10-8-17-16(20)12-6-7-14-13(11-12)18-15-5-3-2-4-9-19(14)15/h6-7,11H,2-5,8-10H2,1H3,(H,17,20). The molecule has 1 N–H and O–H groups in total. The van der Waals surface area contributed by atoms with E-state index in [1.165, 1.54) is 19.3 Å². The van der Waals surface area contributed by atoms with Gasteiger partial charge in [0.1, 0.15) is 5.82 Å². The van der Waals surface area contributed by atoms with Crippen molar-refractivity contribution in [1.29, 1.82) is 0 Å². The Hall–Kier alpha value is -1.88. The number of rotatable bonds is 4.